The van der Waals surface area contributed by atoms with Crippen LogP contribution in [-0.2, 0) is 0 Å². The van der Waals surface area contributed by atoms with Crippen molar-refractivity contribution in [2.75, 3.05) is 7.11 Å². The zero-order chi connectivity index (χ0) is 12.3. The molecule has 0 saturated carbocycles. The highest BCUT2D eigenvalue weighted by Crippen LogP contribution is 2.20. The normalized spacial score (nSPS) is 9.94. The zero-order valence-corrected chi connectivity index (χ0v) is 9.25. The standard InChI is InChI=1S/C13H11NO3/c1-17-12-4-2-3-11(14-12)9-5-7-10(8-6-9)13(15)16/h2-8H,1H3,(H,15,16). The van der Waals surface area contributed by atoms with E-state index in [-0.39, 0.29) is 5.56 Å². The predicted molar refractivity (Wildman–Crippen MR) is 63.2 cm³/mol. The summed E-state index contributed by atoms with van der Waals surface area (Å²) >= 11 is 0. The van der Waals surface area contributed by atoms with Crippen molar-refractivity contribution in [1.82, 2.24) is 4.98 Å². The van der Waals surface area contributed by atoms with Crippen LogP contribution < -0.4 is 4.74 Å². The Balaban J connectivity index is 2.36. The lowest BCUT2D eigenvalue weighted by molar-refractivity contribution is 0.0697. The number of carboxylic acid groups (broad SMARTS) is 1. The largest absolute Gasteiger partial charge is 0.481 e. The lowest BCUT2D eigenvalue weighted by Gasteiger charge is -2.03. The molecule has 0 amide bonds. The molecule has 0 atom stereocenters. The molecule has 4 heteroatoms. The molecule has 86 valence electrons. The Bertz CT molecular complexity index is 535. The van der Waals surface area contributed by atoms with Crippen molar-refractivity contribution in [2.45, 2.75) is 0 Å². The molecule has 0 aliphatic heterocycles. The number of aromatic nitrogens is 1. The highest BCUT2D eigenvalue weighted by atomic mass is 16.5. The van der Waals surface area contributed by atoms with Gasteiger partial charge < -0.3 is 9.84 Å². The number of hydrogen-bond donors (Lipinski definition) is 1. The summed E-state index contributed by atoms with van der Waals surface area (Å²) in [4.78, 5) is 15.0. The van der Waals surface area contributed by atoms with Gasteiger partial charge in [-0.1, -0.05) is 18.2 Å². The van der Waals surface area contributed by atoms with E-state index in [9.17, 15) is 4.79 Å². The fraction of sp³-hybridized carbons (Fsp3) is 0.0769. The summed E-state index contributed by atoms with van der Waals surface area (Å²) in [5.41, 5.74) is 1.87. The number of nitrogens with zero attached hydrogens (tertiary/aromatic N) is 1. The maximum absolute atomic E-state index is 10.7. The molecule has 2 rings (SSSR count). The first kappa shape index (κ1) is 11.1. The Morgan fingerprint density at radius 1 is 1.18 bits per heavy atom. The second-order valence-corrected chi connectivity index (χ2v) is 3.45. The number of carboxylic acids is 1. The molecular weight excluding hydrogens is 218 g/mol. The van der Waals surface area contributed by atoms with Crippen molar-refractivity contribution in [3.63, 3.8) is 0 Å². The van der Waals surface area contributed by atoms with E-state index in [2.05, 4.69) is 4.98 Å². The van der Waals surface area contributed by atoms with Crippen LogP contribution in [0.15, 0.2) is 42.5 Å². The topological polar surface area (TPSA) is 59.4 Å². The molecule has 0 radical (unpaired) electrons. The van der Waals surface area contributed by atoms with Crippen LogP contribution in [0.2, 0.25) is 0 Å². The van der Waals surface area contributed by atoms with E-state index in [1.807, 2.05) is 12.1 Å². The molecule has 0 fully saturated rings. The molecule has 4 nitrogen and oxygen atoms in total. The first-order valence-electron chi connectivity index (χ1n) is 5.05. The maximum atomic E-state index is 10.7. The molecule has 0 spiro atoms. The quantitative estimate of drug-likeness (QED) is 0.878. The van der Waals surface area contributed by atoms with Gasteiger partial charge in [0.1, 0.15) is 0 Å². The summed E-state index contributed by atoms with van der Waals surface area (Å²) < 4.78 is 5.03. The van der Waals surface area contributed by atoms with E-state index in [1.54, 1.807) is 37.4 Å². The molecule has 0 aliphatic rings. The molecule has 1 aromatic carbocycles. The molecule has 1 heterocycles. The number of carbonyl (C=O) groups is 1. The van der Waals surface area contributed by atoms with Crippen molar-refractivity contribution < 1.29 is 14.6 Å². The number of aromatic carboxylic acids is 1. The van der Waals surface area contributed by atoms with Gasteiger partial charge in [0.2, 0.25) is 5.88 Å². The second-order valence-electron chi connectivity index (χ2n) is 3.45. The highest BCUT2D eigenvalue weighted by Gasteiger charge is 2.04. The van der Waals surface area contributed by atoms with Crippen LogP contribution in [0.4, 0.5) is 0 Å². The molecule has 2 aromatic rings. The number of pyridine rings is 1. The minimum absolute atomic E-state index is 0.261. The molecule has 1 aromatic heterocycles. The molecule has 1 N–H and O–H groups in total. The van der Waals surface area contributed by atoms with Crippen LogP contribution in [0, 0.1) is 0 Å². The monoisotopic (exact) mass is 229 g/mol. The first-order chi connectivity index (χ1) is 8.20. The zero-order valence-electron chi connectivity index (χ0n) is 9.25. The van der Waals surface area contributed by atoms with Crippen LogP contribution in [0.3, 0.4) is 0 Å². The van der Waals surface area contributed by atoms with Crippen LogP contribution in [0.5, 0.6) is 5.88 Å². The van der Waals surface area contributed by atoms with Gasteiger partial charge in [-0.25, -0.2) is 9.78 Å². The summed E-state index contributed by atoms with van der Waals surface area (Å²) in [6.07, 6.45) is 0. The Labute approximate surface area is 98.5 Å². The number of hydrogen-bond acceptors (Lipinski definition) is 3. The number of ether oxygens (including phenoxy) is 1. The van der Waals surface area contributed by atoms with Crippen LogP contribution in [-0.4, -0.2) is 23.2 Å². The van der Waals surface area contributed by atoms with Crippen molar-refractivity contribution in [1.29, 1.82) is 0 Å². The van der Waals surface area contributed by atoms with Gasteiger partial charge in [-0.2, -0.15) is 0 Å². The maximum Gasteiger partial charge on any atom is 0.335 e. The smallest absolute Gasteiger partial charge is 0.335 e. The Morgan fingerprint density at radius 3 is 2.47 bits per heavy atom. The molecule has 17 heavy (non-hydrogen) atoms. The second kappa shape index (κ2) is 4.65. The van der Waals surface area contributed by atoms with E-state index in [0.717, 1.165) is 11.3 Å². The van der Waals surface area contributed by atoms with Gasteiger partial charge in [0.25, 0.3) is 0 Å². The molecule has 0 saturated heterocycles. The number of rotatable bonds is 3. The molecular formula is C13H11NO3. The highest BCUT2D eigenvalue weighted by molar-refractivity contribution is 5.88. The lowest BCUT2D eigenvalue weighted by atomic mass is 10.1. The Kier molecular flexibility index (Phi) is 3.05. The van der Waals surface area contributed by atoms with Gasteiger partial charge in [0.05, 0.1) is 18.4 Å². The number of methoxy groups -OCH3 is 1. The van der Waals surface area contributed by atoms with Gasteiger partial charge in [-0.15, -0.1) is 0 Å². The van der Waals surface area contributed by atoms with Crippen molar-refractivity contribution in [2.24, 2.45) is 0 Å². The summed E-state index contributed by atoms with van der Waals surface area (Å²) in [5.74, 6) is -0.403. The Hall–Kier alpha value is -2.36. The average molecular weight is 229 g/mol. The van der Waals surface area contributed by atoms with Gasteiger partial charge in [0, 0.05) is 11.6 Å². The van der Waals surface area contributed by atoms with Crippen molar-refractivity contribution in [3.8, 4) is 17.1 Å². The average Bonchev–Trinajstić information content (AvgIpc) is 2.39. The lowest BCUT2D eigenvalue weighted by Crippen LogP contribution is -1.95. The van der Waals surface area contributed by atoms with Gasteiger partial charge in [-0.3, -0.25) is 0 Å². The summed E-state index contributed by atoms with van der Waals surface area (Å²) in [6, 6.07) is 12.0. The summed E-state index contributed by atoms with van der Waals surface area (Å²) in [5, 5.41) is 8.79. The summed E-state index contributed by atoms with van der Waals surface area (Å²) in [6.45, 7) is 0. The van der Waals surface area contributed by atoms with Crippen molar-refractivity contribution in [3.05, 3.63) is 48.0 Å². The van der Waals surface area contributed by atoms with E-state index in [4.69, 9.17) is 9.84 Å². The van der Waals surface area contributed by atoms with E-state index < -0.39 is 5.97 Å². The molecule has 0 aliphatic carbocycles. The third kappa shape index (κ3) is 2.42. The van der Waals surface area contributed by atoms with Crippen LogP contribution in [0.1, 0.15) is 10.4 Å². The van der Waals surface area contributed by atoms with E-state index >= 15 is 0 Å². The number of benzene rings is 1. The van der Waals surface area contributed by atoms with Gasteiger partial charge in [-0.05, 0) is 18.2 Å². The van der Waals surface area contributed by atoms with Crippen LogP contribution >= 0.6 is 0 Å². The molecule has 0 unspecified atom stereocenters. The third-order valence-electron chi connectivity index (χ3n) is 2.36. The van der Waals surface area contributed by atoms with E-state index in [1.165, 1.54) is 0 Å². The van der Waals surface area contributed by atoms with Gasteiger partial charge in [0.15, 0.2) is 0 Å². The molecule has 0 bridgehead atoms. The van der Waals surface area contributed by atoms with Crippen LogP contribution in [0.25, 0.3) is 11.3 Å². The van der Waals surface area contributed by atoms with E-state index in [0.29, 0.717) is 5.88 Å². The minimum atomic E-state index is -0.935. The SMILES string of the molecule is COc1cccc(-c2ccc(C(=O)O)cc2)n1. The van der Waals surface area contributed by atoms with Crippen molar-refractivity contribution >= 4 is 5.97 Å². The van der Waals surface area contributed by atoms with Gasteiger partial charge >= 0.3 is 5.97 Å². The summed E-state index contributed by atoms with van der Waals surface area (Å²) in [7, 11) is 1.56. The fourth-order valence-corrected chi connectivity index (χ4v) is 1.47. The fourth-order valence-electron chi connectivity index (χ4n) is 1.47. The minimum Gasteiger partial charge on any atom is -0.481 e. The first-order valence-corrected chi connectivity index (χ1v) is 5.05. The third-order valence-corrected chi connectivity index (χ3v) is 2.36. The predicted octanol–water partition coefficient (Wildman–Crippen LogP) is 2.46. The Morgan fingerprint density at radius 2 is 1.88 bits per heavy atom.